The lowest BCUT2D eigenvalue weighted by atomic mass is 9.96. The maximum absolute atomic E-state index is 11.8. The second kappa shape index (κ2) is 6.05. The number of hydrogen-bond acceptors (Lipinski definition) is 2. The van der Waals surface area contributed by atoms with E-state index in [1.807, 2.05) is 0 Å². The van der Waals surface area contributed by atoms with Crippen LogP contribution in [-0.4, -0.2) is 19.0 Å². The van der Waals surface area contributed by atoms with Crippen LogP contribution in [0, 0.1) is 17.3 Å². The zero-order chi connectivity index (χ0) is 13.0. The Morgan fingerprint density at radius 3 is 2.61 bits per heavy atom. The van der Waals surface area contributed by atoms with Gasteiger partial charge in [0.15, 0.2) is 0 Å². The lowest BCUT2D eigenvalue weighted by molar-refractivity contribution is -0.121. The number of carbonyl (C=O) groups is 1. The molecule has 0 saturated heterocycles. The van der Waals surface area contributed by atoms with Crippen molar-refractivity contribution >= 4 is 5.91 Å². The zero-order valence-corrected chi connectivity index (χ0v) is 11.7. The number of nitrogens with two attached hydrogens (primary N) is 1. The molecule has 2 aliphatic carbocycles. The smallest absolute Gasteiger partial charge is 0.220 e. The van der Waals surface area contributed by atoms with Gasteiger partial charge in [0.25, 0.3) is 0 Å². The van der Waals surface area contributed by atoms with Crippen molar-refractivity contribution in [3.8, 4) is 0 Å². The molecule has 3 N–H and O–H groups in total. The van der Waals surface area contributed by atoms with Crippen LogP contribution in [0.5, 0.6) is 0 Å². The molecular weight excluding hydrogens is 224 g/mol. The molecule has 104 valence electrons. The topological polar surface area (TPSA) is 55.1 Å². The fourth-order valence-corrected chi connectivity index (χ4v) is 3.07. The molecule has 18 heavy (non-hydrogen) atoms. The molecule has 3 heteroatoms. The molecule has 1 unspecified atom stereocenters. The molecule has 0 aliphatic heterocycles. The van der Waals surface area contributed by atoms with Crippen LogP contribution >= 0.6 is 0 Å². The van der Waals surface area contributed by atoms with Gasteiger partial charge in [0.2, 0.25) is 5.91 Å². The van der Waals surface area contributed by atoms with Gasteiger partial charge in [-0.25, -0.2) is 0 Å². The molecule has 0 radical (unpaired) electrons. The molecule has 0 aromatic heterocycles. The van der Waals surface area contributed by atoms with E-state index in [2.05, 4.69) is 12.2 Å². The van der Waals surface area contributed by atoms with Crippen molar-refractivity contribution in [2.75, 3.05) is 13.1 Å². The van der Waals surface area contributed by atoms with Crippen molar-refractivity contribution < 1.29 is 4.79 Å². The fraction of sp³-hybridized carbons (Fsp3) is 0.933. The van der Waals surface area contributed by atoms with E-state index in [1.54, 1.807) is 0 Å². The van der Waals surface area contributed by atoms with Crippen LogP contribution in [0.2, 0.25) is 0 Å². The minimum atomic E-state index is 0.248. The molecule has 3 nitrogen and oxygen atoms in total. The van der Waals surface area contributed by atoms with E-state index in [4.69, 9.17) is 5.73 Å². The van der Waals surface area contributed by atoms with E-state index >= 15 is 0 Å². The summed E-state index contributed by atoms with van der Waals surface area (Å²) in [5.74, 6) is 1.80. The Bertz CT molecular complexity index is 282. The van der Waals surface area contributed by atoms with Crippen molar-refractivity contribution in [3.63, 3.8) is 0 Å². The molecule has 0 aromatic carbocycles. The third kappa shape index (κ3) is 3.71. The normalized spacial score (nSPS) is 22.6. The Hall–Kier alpha value is -0.570. The lowest BCUT2D eigenvalue weighted by Gasteiger charge is -2.16. The van der Waals surface area contributed by atoms with E-state index in [-0.39, 0.29) is 5.91 Å². The van der Waals surface area contributed by atoms with Crippen molar-refractivity contribution in [2.45, 2.75) is 58.3 Å². The van der Waals surface area contributed by atoms with Crippen LogP contribution in [0.15, 0.2) is 0 Å². The van der Waals surface area contributed by atoms with Gasteiger partial charge in [0, 0.05) is 13.0 Å². The monoisotopic (exact) mass is 252 g/mol. The van der Waals surface area contributed by atoms with Gasteiger partial charge in [-0.2, -0.15) is 0 Å². The summed E-state index contributed by atoms with van der Waals surface area (Å²) in [6, 6.07) is 0. The highest BCUT2D eigenvalue weighted by Gasteiger charge is 2.53. The van der Waals surface area contributed by atoms with Crippen LogP contribution in [0.3, 0.4) is 0 Å². The van der Waals surface area contributed by atoms with Crippen molar-refractivity contribution in [1.29, 1.82) is 0 Å². The van der Waals surface area contributed by atoms with Crippen LogP contribution in [0.1, 0.15) is 58.3 Å². The van der Waals surface area contributed by atoms with Gasteiger partial charge < -0.3 is 11.1 Å². The SMILES string of the molecule is CCC(CCN)CCC(=O)NCC1(C2CC2)CC1. The van der Waals surface area contributed by atoms with Crippen LogP contribution < -0.4 is 11.1 Å². The first kappa shape index (κ1) is 13.9. The molecule has 0 bridgehead atoms. The van der Waals surface area contributed by atoms with E-state index < -0.39 is 0 Å². The van der Waals surface area contributed by atoms with Gasteiger partial charge in [-0.3, -0.25) is 4.79 Å². The van der Waals surface area contributed by atoms with Gasteiger partial charge in [0.05, 0.1) is 0 Å². The minimum Gasteiger partial charge on any atom is -0.356 e. The van der Waals surface area contributed by atoms with Crippen LogP contribution in [0.4, 0.5) is 0 Å². The number of nitrogens with one attached hydrogen (secondary N) is 1. The van der Waals surface area contributed by atoms with E-state index in [9.17, 15) is 4.79 Å². The second-order valence-corrected chi connectivity index (χ2v) is 6.30. The summed E-state index contributed by atoms with van der Waals surface area (Å²) < 4.78 is 0. The standard InChI is InChI=1S/C15H28N2O/c1-2-12(7-10-16)3-6-14(18)17-11-15(8-9-15)13-4-5-13/h12-13H,2-11,16H2,1H3,(H,17,18). The van der Waals surface area contributed by atoms with E-state index in [0.717, 1.165) is 38.3 Å². The van der Waals surface area contributed by atoms with Crippen LogP contribution in [-0.2, 0) is 4.79 Å². The van der Waals surface area contributed by atoms with Gasteiger partial charge >= 0.3 is 0 Å². The molecule has 1 amide bonds. The lowest BCUT2D eigenvalue weighted by Crippen LogP contribution is -2.31. The number of rotatable bonds is 9. The highest BCUT2D eigenvalue weighted by molar-refractivity contribution is 5.75. The average Bonchev–Trinajstić information content (AvgIpc) is 3.24. The molecular formula is C15H28N2O. The molecule has 2 rings (SSSR count). The summed E-state index contributed by atoms with van der Waals surface area (Å²) in [5.41, 5.74) is 6.10. The van der Waals surface area contributed by atoms with E-state index in [1.165, 1.54) is 25.7 Å². The van der Waals surface area contributed by atoms with Crippen LogP contribution in [0.25, 0.3) is 0 Å². The number of amides is 1. The molecule has 2 saturated carbocycles. The summed E-state index contributed by atoms with van der Waals surface area (Å²) in [6.45, 7) is 3.86. The Balaban J connectivity index is 1.60. The summed E-state index contributed by atoms with van der Waals surface area (Å²) in [4.78, 5) is 11.8. The first-order valence-electron chi connectivity index (χ1n) is 7.67. The second-order valence-electron chi connectivity index (χ2n) is 6.30. The molecule has 1 atom stereocenters. The van der Waals surface area contributed by atoms with Gasteiger partial charge in [0.1, 0.15) is 0 Å². The maximum Gasteiger partial charge on any atom is 0.220 e. The van der Waals surface area contributed by atoms with Crippen molar-refractivity contribution in [3.05, 3.63) is 0 Å². The van der Waals surface area contributed by atoms with E-state index in [0.29, 0.717) is 17.8 Å². The Labute approximate surface area is 111 Å². The number of hydrogen-bond donors (Lipinski definition) is 2. The zero-order valence-electron chi connectivity index (χ0n) is 11.7. The highest BCUT2D eigenvalue weighted by atomic mass is 16.1. The summed E-state index contributed by atoms with van der Waals surface area (Å²) in [7, 11) is 0. The summed E-state index contributed by atoms with van der Waals surface area (Å²) in [5, 5.41) is 3.16. The van der Waals surface area contributed by atoms with Gasteiger partial charge in [-0.1, -0.05) is 13.3 Å². The fourth-order valence-electron chi connectivity index (χ4n) is 3.07. The van der Waals surface area contributed by atoms with Gasteiger partial charge in [-0.15, -0.1) is 0 Å². The molecule has 2 aliphatic rings. The minimum absolute atomic E-state index is 0.248. The largest absolute Gasteiger partial charge is 0.356 e. The quantitative estimate of drug-likeness (QED) is 0.662. The maximum atomic E-state index is 11.8. The summed E-state index contributed by atoms with van der Waals surface area (Å²) in [6.07, 6.45) is 9.32. The Morgan fingerprint density at radius 2 is 2.11 bits per heavy atom. The molecule has 2 fully saturated rings. The van der Waals surface area contributed by atoms with Gasteiger partial charge in [-0.05, 0) is 62.3 Å². The third-order valence-electron chi connectivity index (χ3n) is 4.91. The number of carbonyl (C=O) groups excluding carboxylic acids is 1. The molecule has 0 spiro atoms. The first-order valence-corrected chi connectivity index (χ1v) is 7.67. The average molecular weight is 252 g/mol. The predicted molar refractivity (Wildman–Crippen MR) is 74.1 cm³/mol. The molecule has 0 heterocycles. The first-order chi connectivity index (χ1) is 8.70. The van der Waals surface area contributed by atoms with Crippen molar-refractivity contribution in [2.24, 2.45) is 23.0 Å². The summed E-state index contributed by atoms with van der Waals surface area (Å²) >= 11 is 0. The predicted octanol–water partition coefficient (Wildman–Crippen LogP) is 2.45. The third-order valence-corrected chi connectivity index (χ3v) is 4.91. The Kier molecular flexibility index (Phi) is 4.66. The van der Waals surface area contributed by atoms with Crippen molar-refractivity contribution in [1.82, 2.24) is 5.32 Å². The molecule has 0 aromatic rings. The Morgan fingerprint density at radius 1 is 1.39 bits per heavy atom. The highest BCUT2D eigenvalue weighted by Crippen LogP contribution is 2.60.